The Morgan fingerprint density at radius 3 is 2.20 bits per heavy atom. The number of nitrogens with one attached hydrogen (secondary N) is 3. The van der Waals surface area contributed by atoms with Crippen LogP contribution in [-0.2, 0) is 19.6 Å². The van der Waals surface area contributed by atoms with Crippen molar-refractivity contribution < 1.29 is 27.5 Å². The molecule has 3 N–H and O–H groups in total. The highest BCUT2D eigenvalue weighted by Gasteiger charge is 2.15. The second-order valence-corrected chi connectivity index (χ2v) is 8.02. The summed E-state index contributed by atoms with van der Waals surface area (Å²) in [6.45, 7) is 4.06. The molecule has 30 heavy (non-hydrogen) atoms. The van der Waals surface area contributed by atoms with E-state index in [4.69, 9.17) is 9.47 Å². The van der Waals surface area contributed by atoms with Gasteiger partial charge in [0.25, 0.3) is 15.9 Å². The van der Waals surface area contributed by atoms with Crippen LogP contribution >= 0.6 is 0 Å². The zero-order valence-electron chi connectivity index (χ0n) is 17.0. The summed E-state index contributed by atoms with van der Waals surface area (Å²) in [5.74, 6) is -0.345. The molecule has 10 heteroatoms. The molecule has 0 aliphatic rings. The van der Waals surface area contributed by atoms with Crippen LogP contribution in [0.1, 0.15) is 30.6 Å². The van der Waals surface area contributed by atoms with Gasteiger partial charge < -0.3 is 9.47 Å². The average molecular weight is 436 g/mol. The molecule has 1 atom stereocenters. The monoisotopic (exact) mass is 435 g/mol. The van der Waals surface area contributed by atoms with Crippen molar-refractivity contribution in [3.63, 3.8) is 0 Å². The van der Waals surface area contributed by atoms with Crippen LogP contribution in [-0.4, -0.2) is 40.1 Å². The highest BCUT2D eigenvalue weighted by Crippen LogP contribution is 2.19. The molecule has 0 saturated carbocycles. The van der Waals surface area contributed by atoms with Gasteiger partial charge in [0, 0.05) is 18.4 Å². The van der Waals surface area contributed by atoms with Crippen LogP contribution in [0, 0.1) is 0 Å². The number of benzene rings is 2. The van der Waals surface area contributed by atoms with Crippen LogP contribution in [0.3, 0.4) is 0 Å². The van der Waals surface area contributed by atoms with Crippen LogP contribution in [0.4, 0.5) is 5.69 Å². The van der Waals surface area contributed by atoms with Crippen molar-refractivity contribution in [3.8, 4) is 5.75 Å². The van der Waals surface area contributed by atoms with Crippen LogP contribution in [0.2, 0.25) is 0 Å². The molecule has 162 valence electrons. The number of carbonyl (C=O) groups excluding carboxylic acids is 2. The molecule has 9 nitrogen and oxygen atoms in total. The maximum Gasteiger partial charge on any atom is 0.269 e. The van der Waals surface area contributed by atoms with Crippen molar-refractivity contribution in [2.75, 3.05) is 18.4 Å². The number of hydrogen-bond acceptors (Lipinski definition) is 6. The number of rotatable bonds is 9. The Morgan fingerprint density at radius 2 is 1.63 bits per heavy atom. The number of amides is 2. The third-order valence-corrected chi connectivity index (χ3v) is 5.43. The summed E-state index contributed by atoms with van der Waals surface area (Å²) in [6, 6.07) is 11.8. The summed E-state index contributed by atoms with van der Waals surface area (Å²) in [4.78, 5) is 23.8. The largest absolute Gasteiger partial charge is 0.494 e. The number of carbonyl (C=O) groups is 2. The number of methoxy groups -OCH3 is 1. The molecular weight excluding hydrogens is 410 g/mol. The minimum atomic E-state index is -3.79. The summed E-state index contributed by atoms with van der Waals surface area (Å²) in [6.07, 6.45) is -0.173. The van der Waals surface area contributed by atoms with Gasteiger partial charge >= 0.3 is 0 Å². The first-order valence-electron chi connectivity index (χ1n) is 9.23. The lowest BCUT2D eigenvalue weighted by atomic mass is 10.2. The van der Waals surface area contributed by atoms with Crippen molar-refractivity contribution in [1.82, 2.24) is 10.9 Å². The van der Waals surface area contributed by atoms with E-state index in [0.29, 0.717) is 18.0 Å². The second-order valence-electron chi connectivity index (χ2n) is 6.34. The Bertz CT molecular complexity index is 959. The van der Waals surface area contributed by atoms with Crippen molar-refractivity contribution in [3.05, 3.63) is 54.1 Å². The van der Waals surface area contributed by atoms with Crippen LogP contribution in [0.25, 0.3) is 0 Å². The zero-order chi connectivity index (χ0) is 22.1. The van der Waals surface area contributed by atoms with E-state index in [1.807, 2.05) is 6.92 Å². The summed E-state index contributed by atoms with van der Waals surface area (Å²) in [5.41, 5.74) is 5.13. The van der Waals surface area contributed by atoms with Gasteiger partial charge in [0.1, 0.15) is 5.75 Å². The smallest absolute Gasteiger partial charge is 0.269 e. The minimum absolute atomic E-state index is 0.0840. The van der Waals surface area contributed by atoms with Gasteiger partial charge in [0.15, 0.2) is 0 Å². The highest BCUT2D eigenvalue weighted by atomic mass is 32.2. The van der Waals surface area contributed by atoms with Gasteiger partial charge in [-0.3, -0.25) is 25.2 Å². The molecule has 2 rings (SSSR count). The van der Waals surface area contributed by atoms with E-state index >= 15 is 0 Å². The molecule has 0 fully saturated rings. The van der Waals surface area contributed by atoms with Crippen LogP contribution < -0.4 is 20.3 Å². The Hall–Kier alpha value is -3.11. The molecule has 0 saturated heterocycles. The summed E-state index contributed by atoms with van der Waals surface area (Å²) < 4.78 is 37.7. The van der Waals surface area contributed by atoms with E-state index in [-0.39, 0.29) is 23.0 Å². The third kappa shape index (κ3) is 6.75. The number of hydrogen-bond donors (Lipinski definition) is 3. The molecular formula is C20H25N3O6S. The number of sulfonamides is 1. The molecule has 2 amide bonds. The van der Waals surface area contributed by atoms with E-state index in [0.717, 1.165) is 0 Å². The van der Waals surface area contributed by atoms with Gasteiger partial charge in [-0.05, 0) is 62.4 Å². The van der Waals surface area contributed by atoms with Gasteiger partial charge in [-0.1, -0.05) is 0 Å². The van der Waals surface area contributed by atoms with Crippen molar-refractivity contribution in [2.45, 2.75) is 31.3 Å². The van der Waals surface area contributed by atoms with E-state index in [1.165, 1.54) is 43.5 Å². The van der Waals surface area contributed by atoms with Crippen LogP contribution in [0.15, 0.2) is 53.4 Å². The molecule has 0 heterocycles. The predicted octanol–water partition coefficient (Wildman–Crippen LogP) is 2.07. The van der Waals surface area contributed by atoms with Crippen molar-refractivity contribution >= 4 is 27.5 Å². The second kappa shape index (κ2) is 10.6. The number of hydrazine groups is 1. The predicted molar refractivity (Wildman–Crippen MR) is 112 cm³/mol. The quantitative estimate of drug-likeness (QED) is 0.518. The first-order valence-corrected chi connectivity index (χ1v) is 10.7. The molecule has 1 unspecified atom stereocenters. The first-order chi connectivity index (χ1) is 14.2. The molecule has 0 aromatic heterocycles. The van der Waals surface area contributed by atoms with Gasteiger partial charge in [0.2, 0.25) is 5.91 Å². The standard InChI is InChI=1S/C20H25N3O6S/c1-4-29-17-9-11-18(12-10-17)30(26,27)23-16-7-5-15(6-8-16)20(25)22-21-19(24)13-14(2)28-3/h5-12,14,23H,4,13H2,1-3H3,(H,21,24)(H,22,25). The topological polar surface area (TPSA) is 123 Å². The fraction of sp³-hybridized carbons (Fsp3) is 0.300. The normalized spacial score (nSPS) is 12.0. The van der Waals surface area contributed by atoms with Gasteiger partial charge in [-0.2, -0.15) is 0 Å². The molecule has 2 aromatic rings. The van der Waals surface area contributed by atoms with Gasteiger partial charge in [0.05, 0.1) is 24.0 Å². The van der Waals surface area contributed by atoms with E-state index in [9.17, 15) is 18.0 Å². The highest BCUT2D eigenvalue weighted by molar-refractivity contribution is 7.92. The van der Waals surface area contributed by atoms with Gasteiger partial charge in [-0.15, -0.1) is 0 Å². The molecule has 0 spiro atoms. The summed E-state index contributed by atoms with van der Waals surface area (Å²) in [5, 5.41) is 0. The van der Waals surface area contributed by atoms with E-state index < -0.39 is 21.8 Å². The number of anilines is 1. The minimum Gasteiger partial charge on any atom is -0.494 e. The first kappa shape index (κ1) is 23.2. The zero-order valence-corrected chi connectivity index (χ0v) is 17.8. The molecule has 0 aliphatic carbocycles. The fourth-order valence-corrected chi connectivity index (χ4v) is 3.44. The van der Waals surface area contributed by atoms with Crippen LogP contribution in [0.5, 0.6) is 5.75 Å². The Morgan fingerprint density at radius 1 is 1.00 bits per heavy atom. The van der Waals surface area contributed by atoms with E-state index in [2.05, 4.69) is 15.6 Å². The lowest BCUT2D eigenvalue weighted by Gasteiger charge is -2.11. The lowest BCUT2D eigenvalue weighted by molar-refractivity contribution is -0.124. The summed E-state index contributed by atoms with van der Waals surface area (Å²) >= 11 is 0. The van der Waals surface area contributed by atoms with Crippen molar-refractivity contribution in [2.24, 2.45) is 0 Å². The molecule has 0 radical (unpaired) electrons. The molecule has 2 aromatic carbocycles. The molecule has 0 bridgehead atoms. The lowest BCUT2D eigenvalue weighted by Crippen LogP contribution is -2.42. The molecule has 0 aliphatic heterocycles. The van der Waals surface area contributed by atoms with Gasteiger partial charge in [-0.25, -0.2) is 8.42 Å². The average Bonchev–Trinajstić information content (AvgIpc) is 2.73. The SMILES string of the molecule is CCOc1ccc(S(=O)(=O)Nc2ccc(C(=O)NNC(=O)CC(C)OC)cc2)cc1. The maximum atomic E-state index is 12.5. The summed E-state index contributed by atoms with van der Waals surface area (Å²) in [7, 11) is -2.30. The maximum absolute atomic E-state index is 12.5. The Kier molecular flexibility index (Phi) is 8.19. The number of ether oxygens (including phenoxy) is 2. The Balaban J connectivity index is 1.96. The van der Waals surface area contributed by atoms with E-state index in [1.54, 1.807) is 19.1 Å². The fourth-order valence-electron chi connectivity index (χ4n) is 2.38. The Labute approximate surface area is 175 Å². The third-order valence-electron chi connectivity index (χ3n) is 4.04. The van der Waals surface area contributed by atoms with Crippen molar-refractivity contribution in [1.29, 1.82) is 0 Å².